The van der Waals surface area contributed by atoms with Gasteiger partial charge in [-0.3, -0.25) is 23.6 Å². The minimum absolute atomic E-state index is 0.0572. The number of aliphatic hydroxyl groups excluding tert-OH is 1. The highest BCUT2D eigenvalue weighted by Crippen LogP contribution is 2.55. The van der Waals surface area contributed by atoms with Gasteiger partial charge in [-0.2, -0.15) is 4.98 Å². The van der Waals surface area contributed by atoms with Crippen molar-refractivity contribution in [2.24, 2.45) is 5.73 Å². The molecule has 4 rings (SSSR count). The Balaban J connectivity index is 1.46. The number of para-hydroxylation sites is 2. The summed E-state index contributed by atoms with van der Waals surface area (Å²) in [6.07, 6.45) is -8.80. The van der Waals surface area contributed by atoms with Crippen LogP contribution in [-0.4, -0.2) is 75.0 Å². The van der Waals surface area contributed by atoms with Gasteiger partial charge in [0.15, 0.2) is 12.3 Å². The van der Waals surface area contributed by atoms with Crippen molar-refractivity contribution in [3.05, 3.63) is 83.4 Å². The molecule has 50 heavy (non-hydrogen) atoms. The van der Waals surface area contributed by atoms with Gasteiger partial charge in [-0.1, -0.05) is 36.4 Å². The molecule has 0 saturated carbocycles. The Morgan fingerprint density at radius 2 is 1.70 bits per heavy atom. The molecule has 1 saturated heterocycles. The van der Waals surface area contributed by atoms with Gasteiger partial charge >= 0.3 is 23.8 Å². The normalized spacial score (nSPS) is 21.6. The number of phosphoric acid groups is 1. The number of nitrogens with zero attached hydrogens (tertiary/aromatic N) is 2. The summed E-state index contributed by atoms with van der Waals surface area (Å²) in [6.45, 7) is -1.09. The number of rotatable bonds is 15. The van der Waals surface area contributed by atoms with Crippen molar-refractivity contribution in [1.29, 1.82) is 0 Å². The number of aliphatic hydroxyl groups is 1. The van der Waals surface area contributed by atoms with Crippen LogP contribution in [0.1, 0.15) is 19.1 Å². The number of aromatic nitrogens is 2. The third kappa shape index (κ3) is 11.3. The van der Waals surface area contributed by atoms with Gasteiger partial charge in [0.25, 0.3) is 7.82 Å². The van der Waals surface area contributed by atoms with Crippen LogP contribution in [0.3, 0.4) is 0 Å². The van der Waals surface area contributed by atoms with Crippen molar-refractivity contribution in [1.82, 2.24) is 9.55 Å². The molecule has 2 aromatic carbocycles. The zero-order valence-electron chi connectivity index (χ0n) is 25.7. The van der Waals surface area contributed by atoms with E-state index >= 15 is 0 Å². The predicted octanol–water partition coefficient (Wildman–Crippen LogP) is 0.977. The van der Waals surface area contributed by atoms with Crippen LogP contribution in [-0.2, 0) is 32.2 Å². The summed E-state index contributed by atoms with van der Waals surface area (Å²) in [4.78, 5) is 77.1. The second kappa shape index (κ2) is 16.9. The topological polar surface area (TPSA) is 303 Å². The van der Waals surface area contributed by atoms with Crippen LogP contribution in [0.4, 0.5) is 21.1 Å². The molecular weight excluding hydrogens is 708 g/mol. The van der Waals surface area contributed by atoms with E-state index < -0.39 is 82.6 Å². The number of carbonyl (C=O) groups excluding carboxylic acids is 2. The Morgan fingerprint density at radius 3 is 2.34 bits per heavy atom. The van der Waals surface area contributed by atoms with E-state index in [-0.39, 0.29) is 24.4 Å². The quantitative estimate of drug-likeness (QED) is 0.0824. The lowest BCUT2D eigenvalue weighted by molar-refractivity contribution is -0.234. The molecule has 1 aliphatic heterocycles. The maximum atomic E-state index is 13.0. The fourth-order valence-electron chi connectivity index (χ4n) is 4.41. The molecule has 0 aliphatic carbocycles. The largest absolute Gasteiger partial charge is 0.778 e. The van der Waals surface area contributed by atoms with E-state index in [0.717, 1.165) is 10.8 Å². The molecule has 7 atom stereocenters. The summed E-state index contributed by atoms with van der Waals surface area (Å²) in [5, 5.41) is 24.7. The monoisotopic (exact) mass is 739 g/mol. The van der Waals surface area contributed by atoms with Crippen LogP contribution < -0.4 is 36.6 Å². The first-order valence-corrected chi connectivity index (χ1v) is 17.8. The summed E-state index contributed by atoms with van der Waals surface area (Å²) in [5.74, 6) is -1.53. The second-order valence-corrected chi connectivity index (χ2v) is 14.0. The van der Waals surface area contributed by atoms with Gasteiger partial charge in [0.1, 0.15) is 37.4 Å². The van der Waals surface area contributed by atoms with Crippen LogP contribution in [0.15, 0.2) is 77.7 Å². The van der Waals surface area contributed by atoms with Crippen molar-refractivity contribution in [3.63, 3.8) is 0 Å². The number of urea groups is 1. The second-order valence-electron chi connectivity index (χ2n) is 10.5. The molecule has 0 bridgehead atoms. The van der Waals surface area contributed by atoms with Crippen LogP contribution >= 0.6 is 15.4 Å². The lowest BCUT2D eigenvalue weighted by Crippen LogP contribution is -2.40. The van der Waals surface area contributed by atoms with Gasteiger partial charge in [-0.05, 0) is 43.2 Å². The summed E-state index contributed by atoms with van der Waals surface area (Å²) >= 11 is 0. The van der Waals surface area contributed by atoms with Gasteiger partial charge in [-0.25, -0.2) is 14.4 Å². The summed E-state index contributed by atoms with van der Waals surface area (Å²) in [7, 11) is -10.8. The smallest absolute Gasteiger partial charge is 0.514 e. The highest BCUT2D eigenvalue weighted by atomic mass is 31.3. The van der Waals surface area contributed by atoms with Gasteiger partial charge < -0.3 is 54.3 Å². The van der Waals surface area contributed by atoms with Gasteiger partial charge in [0.05, 0.1) is 6.61 Å². The standard InChI is InChI=1S/C28H33N5O15P2/c29-19(25(35)36)12-7-15-49(40,41)48-50(42,43)44-16-20-22(34)23(47-28(39)45-18-10-5-2-6-11-18)24(46-20)33-14-13-21(32-27(33)38)31-26(37)30-17-8-3-1-4-9-17/h1-6,8-11,13-14,19-20,22-24,34H,7,12,15-16,29H2,(H,35,36)(H,40,41)(H,42,43)(H2,30,31,32,37,38)/p-2/t19?,20-,22?,23+,24-/m1/s1. The number of phosphoric ester groups is 1. The Bertz CT molecular complexity index is 1800. The molecule has 3 aromatic rings. The number of carbonyl (C=O) groups is 3. The zero-order chi connectivity index (χ0) is 36.5. The highest BCUT2D eigenvalue weighted by molar-refractivity contribution is 7.62. The van der Waals surface area contributed by atoms with Crippen LogP contribution in [0.2, 0.25) is 0 Å². The average Bonchev–Trinajstić information content (AvgIpc) is 3.34. The lowest BCUT2D eigenvalue weighted by atomic mass is 10.1. The van der Waals surface area contributed by atoms with Crippen LogP contribution in [0.25, 0.3) is 0 Å². The molecule has 2 amide bonds. The lowest BCUT2D eigenvalue weighted by Gasteiger charge is -2.32. The number of amides is 2. The molecule has 1 aliphatic rings. The number of hydrogen-bond donors (Lipinski definition) is 5. The maximum Gasteiger partial charge on any atom is 0.514 e. The first-order chi connectivity index (χ1) is 23.6. The fourth-order valence-corrected chi connectivity index (χ4v) is 7.05. The highest BCUT2D eigenvalue weighted by Gasteiger charge is 2.48. The van der Waals surface area contributed by atoms with E-state index in [0.29, 0.717) is 5.69 Å². The Kier molecular flexibility index (Phi) is 13.0. The fraction of sp³-hybridized carbons (Fsp3) is 0.321. The number of anilines is 2. The minimum Gasteiger partial charge on any atom is -0.778 e. The van der Waals surface area contributed by atoms with Crippen molar-refractivity contribution >= 4 is 45.1 Å². The number of aliphatic carboxylic acids is 1. The summed E-state index contributed by atoms with van der Waals surface area (Å²) < 4.78 is 50.1. The van der Waals surface area contributed by atoms with Crippen LogP contribution in [0.5, 0.6) is 5.75 Å². The van der Waals surface area contributed by atoms with Crippen molar-refractivity contribution in [2.75, 3.05) is 23.4 Å². The van der Waals surface area contributed by atoms with Crippen molar-refractivity contribution < 1.29 is 66.6 Å². The Labute approximate surface area is 282 Å². The number of benzene rings is 2. The molecule has 1 fully saturated rings. The first-order valence-electron chi connectivity index (χ1n) is 14.6. The van der Waals surface area contributed by atoms with Crippen LogP contribution in [0, 0.1) is 0 Å². The first kappa shape index (κ1) is 38.3. The molecule has 22 heteroatoms. The van der Waals surface area contributed by atoms with E-state index in [1.54, 1.807) is 48.5 Å². The predicted molar refractivity (Wildman–Crippen MR) is 167 cm³/mol. The van der Waals surface area contributed by atoms with E-state index in [1.165, 1.54) is 18.2 Å². The minimum atomic E-state index is -5.64. The summed E-state index contributed by atoms with van der Waals surface area (Å²) in [6, 6.07) is 15.0. The Morgan fingerprint density at radius 1 is 1.04 bits per heavy atom. The number of carboxylic acids is 1. The zero-order valence-corrected chi connectivity index (χ0v) is 27.5. The number of ether oxygens (including phenoxy) is 3. The van der Waals surface area contributed by atoms with E-state index in [9.17, 15) is 43.2 Å². The third-order valence-corrected chi connectivity index (χ3v) is 9.88. The van der Waals surface area contributed by atoms with Gasteiger partial charge in [0, 0.05) is 18.0 Å². The van der Waals surface area contributed by atoms with Crippen molar-refractivity contribution in [3.8, 4) is 5.75 Å². The molecule has 4 unspecified atom stereocenters. The number of nitrogens with two attached hydrogens (primary N) is 1. The summed E-state index contributed by atoms with van der Waals surface area (Å²) in [5.41, 5.74) is 4.69. The number of carboxylic acid groups (broad SMARTS) is 1. The Hall–Kier alpha value is -4.49. The molecule has 0 spiro atoms. The molecule has 20 nitrogen and oxygen atoms in total. The molecule has 6 N–H and O–H groups in total. The average molecular weight is 740 g/mol. The number of hydrogen-bond acceptors (Lipinski definition) is 16. The molecule has 0 radical (unpaired) electrons. The third-order valence-electron chi connectivity index (χ3n) is 6.75. The SMILES string of the molecule is NC(CCCP(=O)([O-])OP(=O)([O-])OC[C@H]1O[C@@H](n2ccc(NC(=O)Nc3ccccc3)nc2=O)[C@@H](OC(=O)Oc2ccccc2)C1O)C(=O)O. The molecule has 2 heterocycles. The van der Waals surface area contributed by atoms with E-state index in [2.05, 4.69) is 24.5 Å². The maximum absolute atomic E-state index is 13.0. The molecular formula is C28H31N5O15P2-2. The van der Waals surface area contributed by atoms with Gasteiger partial charge in [-0.15, -0.1) is 0 Å². The van der Waals surface area contributed by atoms with Crippen molar-refractivity contribution in [2.45, 2.75) is 43.4 Å². The molecule has 1 aromatic heterocycles. The van der Waals surface area contributed by atoms with E-state index in [1.807, 2.05) is 0 Å². The van der Waals surface area contributed by atoms with Gasteiger partial charge in [0.2, 0.25) is 0 Å². The van der Waals surface area contributed by atoms with E-state index in [4.69, 9.17) is 25.1 Å². The molecule has 270 valence electrons. The number of nitrogens with one attached hydrogen (secondary N) is 2.